The number of aliphatic hydroxyl groups excluding tert-OH is 1. The van der Waals surface area contributed by atoms with Crippen LogP contribution in [0, 0.1) is 23.2 Å². The van der Waals surface area contributed by atoms with Gasteiger partial charge >= 0.3 is 0 Å². The van der Waals surface area contributed by atoms with Crippen molar-refractivity contribution in [2.45, 2.75) is 47.1 Å². The third kappa shape index (κ3) is 7.31. The summed E-state index contributed by atoms with van der Waals surface area (Å²) in [5, 5.41) is 13.6. The van der Waals surface area contributed by atoms with Crippen LogP contribution >= 0.6 is 11.3 Å². The van der Waals surface area contributed by atoms with Gasteiger partial charge in [0, 0.05) is 16.9 Å². The third-order valence-corrected chi connectivity index (χ3v) is 3.91. The summed E-state index contributed by atoms with van der Waals surface area (Å²) in [5.74, 6) is 6.00. The van der Waals surface area contributed by atoms with Crippen LogP contribution in [0.2, 0.25) is 0 Å². The molecule has 0 aliphatic rings. The molecule has 0 aliphatic carbocycles. The Balaban J connectivity index is 2.45. The Kier molecular flexibility index (Phi) is 6.94. The molecule has 1 heterocycles. The highest BCUT2D eigenvalue weighted by molar-refractivity contribution is 7.10. The van der Waals surface area contributed by atoms with Crippen LogP contribution in [0.15, 0.2) is 11.4 Å². The number of carbonyl (C=O) groups is 1. The molecule has 1 atom stereocenters. The zero-order valence-corrected chi connectivity index (χ0v) is 14.1. The third-order valence-electron chi connectivity index (χ3n) is 2.99. The summed E-state index contributed by atoms with van der Waals surface area (Å²) in [4.78, 5) is 13.0. The Labute approximate surface area is 131 Å². The minimum Gasteiger partial charge on any atom is -0.384 e. The largest absolute Gasteiger partial charge is 0.384 e. The molecular weight excluding hydrogens is 282 g/mol. The topological polar surface area (TPSA) is 49.3 Å². The van der Waals surface area contributed by atoms with E-state index in [1.165, 1.54) is 0 Å². The van der Waals surface area contributed by atoms with Crippen LogP contribution in [-0.4, -0.2) is 17.6 Å². The molecule has 1 amide bonds. The zero-order valence-electron chi connectivity index (χ0n) is 13.3. The van der Waals surface area contributed by atoms with Crippen LogP contribution in [0.25, 0.3) is 0 Å². The molecule has 0 fully saturated rings. The Hall–Kier alpha value is -1.31. The first-order chi connectivity index (χ1) is 9.81. The second-order valence-electron chi connectivity index (χ2n) is 6.57. The van der Waals surface area contributed by atoms with Crippen LogP contribution in [0.4, 0.5) is 0 Å². The van der Waals surface area contributed by atoms with Gasteiger partial charge in [-0.15, -0.1) is 11.3 Å². The summed E-state index contributed by atoms with van der Waals surface area (Å²) in [5.41, 5.74) is 1.14. The van der Waals surface area contributed by atoms with Crippen LogP contribution in [0.3, 0.4) is 0 Å². The first-order valence-electron chi connectivity index (χ1n) is 7.24. The van der Waals surface area contributed by atoms with Crippen molar-refractivity contribution < 1.29 is 9.90 Å². The molecule has 116 valence electrons. The van der Waals surface area contributed by atoms with Crippen molar-refractivity contribution >= 4 is 17.2 Å². The molecule has 1 aromatic heterocycles. The lowest BCUT2D eigenvalue weighted by atomic mass is 9.84. The van der Waals surface area contributed by atoms with Gasteiger partial charge in [-0.05, 0) is 29.2 Å². The van der Waals surface area contributed by atoms with Gasteiger partial charge in [0.15, 0.2) is 0 Å². The average molecular weight is 307 g/mol. The molecule has 3 nitrogen and oxygen atoms in total. The van der Waals surface area contributed by atoms with Crippen molar-refractivity contribution in [3.63, 3.8) is 0 Å². The van der Waals surface area contributed by atoms with E-state index in [1.54, 1.807) is 11.3 Å². The molecule has 1 rings (SSSR count). The fourth-order valence-electron chi connectivity index (χ4n) is 2.41. The van der Waals surface area contributed by atoms with Crippen LogP contribution in [0.1, 0.15) is 51.0 Å². The van der Waals surface area contributed by atoms with Crippen molar-refractivity contribution in [3.05, 3.63) is 21.9 Å². The molecule has 21 heavy (non-hydrogen) atoms. The van der Waals surface area contributed by atoms with Crippen molar-refractivity contribution in [2.75, 3.05) is 6.61 Å². The molecule has 0 spiro atoms. The first kappa shape index (κ1) is 17.7. The molecule has 0 saturated heterocycles. The predicted molar refractivity (Wildman–Crippen MR) is 88.0 cm³/mol. The maximum absolute atomic E-state index is 12.0. The summed E-state index contributed by atoms with van der Waals surface area (Å²) >= 11 is 1.57. The van der Waals surface area contributed by atoms with E-state index in [1.807, 2.05) is 11.4 Å². The lowest BCUT2D eigenvalue weighted by Crippen LogP contribution is -2.25. The molecule has 1 aromatic rings. The second-order valence-corrected chi connectivity index (χ2v) is 7.57. The number of aliphatic hydroxyl groups is 1. The van der Waals surface area contributed by atoms with Crippen molar-refractivity contribution in [3.8, 4) is 11.8 Å². The Morgan fingerprint density at radius 2 is 2.19 bits per heavy atom. The number of carbonyl (C=O) groups excluding carboxylic acids is 1. The zero-order chi connectivity index (χ0) is 15.9. The summed E-state index contributed by atoms with van der Waals surface area (Å²) < 4.78 is 0. The molecule has 0 radical (unpaired) electrons. The van der Waals surface area contributed by atoms with Gasteiger partial charge in [-0.3, -0.25) is 4.79 Å². The molecule has 0 aliphatic heterocycles. The molecule has 4 heteroatoms. The Morgan fingerprint density at radius 1 is 1.48 bits per heavy atom. The SMILES string of the molecule is CC(CC(=O)NCc1sccc1C#CCO)CC(C)(C)C. The molecule has 2 N–H and O–H groups in total. The van der Waals surface area contributed by atoms with E-state index in [2.05, 4.69) is 44.9 Å². The second kappa shape index (κ2) is 8.21. The summed E-state index contributed by atoms with van der Waals surface area (Å²) in [7, 11) is 0. The molecule has 1 unspecified atom stereocenters. The molecule has 0 saturated carbocycles. The van der Waals surface area contributed by atoms with Crippen molar-refractivity contribution in [2.24, 2.45) is 11.3 Å². The van der Waals surface area contributed by atoms with Gasteiger partial charge in [0.2, 0.25) is 5.91 Å². The smallest absolute Gasteiger partial charge is 0.220 e. The maximum Gasteiger partial charge on any atom is 0.220 e. The molecular formula is C17H25NO2S. The minimum atomic E-state index is -0.147. The van der Waals surface area contributed by atoms with Crippen molar-refractivity contribution in [1.29, 1.82) is 0 Å². The number of amides is 1. The summed E-state index contributed by atoms with van der Waals surface area (Å²) in [6.45, 7) is 9.06. The number of rotatable bonds is 5. The van der Waals surface area contributed by atoms with E-state index in [9.17, 15) is 4.79 Å². The first-order valence-corrected chi connectivity index (χ1v) is 8.12. The van der Waals surface area contributed by atoms with Crippen LogP contribution < -0.4 is 5.32 Å². The van der Waals surface area contributed by atoms with E-state index in [0.717, 1.165) is 16.9 Å². The summed E-state index contributed by atoms with van der Waals surface area (Å²) in [6, 6.07) is 1.91. The maximum atomic E-state index is 12.0. The highest BCUT2D eigenvalue weighted by atomic mass is 32.1. The van der Waals surface area contributed by atoms with E-state index in [-0.39, 0.29) is 17.9 Å². The monoisotopic (exact) mass is 307 g/mol. The fraction of sp³-hybridized carbons (Fsp3) is 0.588. The standard InChI is InChI=1S/C17H25NO2S/c1-13(11-17(2,3)4)10-16(20)18-12-15-14(6-5-8-19)7-9-21-15/h7,9,13,19H,8,10-12H2,1-4H3,(H,18,20). The average Bonchev–Trinajstić information content (AvgIpc) is 2.78. The quantitative estimate of drug-likeness (QED) is 0.821. The highest BCUT2D eigenvalue weighted by Crippen LogP contribution is 2.25. The number of thiophene rings is 1. The van der Waals surface area contributed by atoms with E-state index in [0.29, 0.717) is 18.9 Å². The molecule has 0 bridgehead atoms. The number of hydrogen-bond donors (Lipinski definition) is 2. The van der Waals surface area contributed by atoms with Gasteiger partial charge in [-0.2, -0.15) is 0 Å². The fourth-order valence-corrected chi connectivity index (χ4v) is 3.18. The normalized spacial score (nSPS) is 12.4. The van der Waals surface area contributed by atoms with Crippen LogP contribution in [0.5, 0.6) is 0 Å². The number of hydrogen-bond acceptors (Lipinski definition) is 3. The van der Waals surface area contributed by atoms with Gasteiger partial charge < -0.3 is 10.4 Å². The van der Waals surface area contributed by atoms with Gasteiger partial charge in [0.25, 0.3) is 0 Å². The van der Waals surface area contributed by atoms with Crippen LogP contribution in [-0.2, 0) is 11.3 Å². The van der Waals surface area contributed by atoms with E-state index >= 15 is 0 Å². The number of nitrogens with one attached hydrogen (secondary N) is 1. The van der Waals surface area contributed by atoms with Gasteiger partial charge in [0.1, 0.15) is 6.61 Å². The van der Waals surface area contributed by atoms with Gasteiger partial charge in [-0.1, -0.05) is 39.5 Å². The summed E-state index contributed by atoms with van der Waals surface area (Å²) in [6.07, 6.45) is 1.59. The molecule has 0 aromatic carbocycles. The Morgan fingerprint density at radius 3 is 2.81 bits per heavy atom. The highest BCUT2D eigenvalue weighted by Gasteiger charge is 2.17. The van der Waals surface area contributed by atoms with E-state index in [4.69, 9.17) is 5.11 Å². The Bertz CT molecular complexity index is 517. The van der Waals surface area contributed by atoms with E-state index < -0.39 is 0 Å². The lowest BCUT2D eigenvalue weighted by Gasteiger charge is -2.22. The van der Waals surface area contributed by atoms with Gasteiger partial charge in [-0.25, -0.2) is 0 Å². The van der Waals surface area contributed by atoms with Crippen molar-refractivity contribution in [1.82, 2.24) is 5.32 Å². The minimum absolute atomic E-state index is 0.0845. The van der Waals surface area contributed by atoms with Gasteiger partial charge in [0.05, 0.1) is 6.54 Å². The predicted octanol–water partition coefficient (Wildman–Crippen LogP) is 3.17. The lowest BCUT2D eigenvalue weighted by molar-refractivity contribution is -0.122.